The number of nitrogens with one attached hydrogen (secondary N) is 3. The Morgan fingerprint density at radius 2 is 1.91 bits per heavy atom. The average molecular weight is 462 g/mol. The normalized spacial score (nSPS) is 16.8. The number of alkyl halides is 3. The van der Waals surface area contributed by atoms with Gasteiger partial charge in [0.05, 0.1) is 18.8 Å². The number of hydrogen-bond donors (Lipinski definition) is 3. The molecular formula is C23H25F3N4O3. The van der Waals surface area contributed by atoms with Gasteiger partial charge in [-0.25, -0.2) is 0 Å². The van der Waals surface area contributed by atoms with E-state index in [9.17, 15) is 27.6 Å². The lowest BCUT2D eigenvalue weighted by Crippen LogP contribution is -2.60. The number of nitrogens with zero attached hydrogens (tertiary/aromatic N) is 1. The Hall–Kier alpha value is -3.40. The van der Waals surface area contributed by atoms with Crippen LogP contribution in [0.15, 0.2) is 42.5 Å². The van der Waals surface area contributed by atoms with Crippen molar-refractivity contribution < 1.29 is 27.6 Å². The summed E-state index contributed by atoms with van der Waals surface area (Å²) in [6, 6.07) is 9.21. The molecule has 0 aliphatic carbocycles. The van der Waals surface area contributed by atoms with Gasteiger partial charge in [-0.05, 0) is 43.2 Å². The van der Waals surface area contributed by atoms with Crippen molar-refractivity contribution in [2.24, 2.45) is 0 Å². The van der Waals surface area contributed by atoms with E-state index in [0.29, 0.717) is 19.3 Å². The van der Waals surface area contributed by atoms with E-state index in [4.69, 9.17) is 0 Å². The monoisotopic (exact) mass is 462 g/mol. The minimum Gasteiger partial charge on any atom is -0.343 e. The highest BCUT2D eigenvalue weighted by Crippen LogP contribution is 2.29. The molecule has 3 amide bonds. The number of carbonyl (C=O) groups excluding carboxylic acids is 3. The van der Waals surface area contributed by atoms with Gasteiger partial charge in [0.25, 0.3) is 5.91 Å². The Morgan fingerprint density at radius 1 is 1.15 bits per heavy atom. The maximum absolute atomic E-state index is 12.8. The van der Waals surface area contributed by atoms with Gasteiger partial charge in [0.2, 0.25) is 11.8 Å². The van der Waals surface area contributed by atoms with Crippen LogP contribution in [0.2, 0.25) is 0 Å². The molecule has 1 aliphatic heterocycles. The summed E-state index contributed by atoms with van der Waals surface area (Å²) in [5.74, 6) is -1.78. The topological polar surface area (TPSA) is 90.5 Å². The van der Waals surface area contributed by atoms with Crippen molar-refractivity contribution in [3.05, 3.63) is 70.3 Å². The van der Waals surface area contributed by atoms with E-state index < -0.39 is 36.1 Å². The van der Waals surface area contributed by atoms with Crippen molar-refractivity contribution in [3.8, 4) is 0 Å². The zero-order valence-electron chi connectivity index (χ0n) is 18.3. The molecule has 10 heteroatoms. The first kappa shape index (κ1) is 24.2. The Labute approximate surface area is 189 Å². The van der Waals surface area contributed by atoms with Crippen LogP contribution in [0, 0.1) is 13.8 Å². The minimum atomic E-state index is -4.58. The van der Waals surface area contributed by atoms with Gasteiger partial charge >= 0.3 is 6.18 Å². The van der Waals surface area contributed by atoms with Gasteiger partial charge in [0.15, 0.2) is 0 Å². The number of rotatable bonds is 6. The van der Waals surface area contributed by atoms with Crippen LogP contribution in [0.25, 0.3) is 0 Å². The van der Waals surface area contributed by atoms with Crippen molar-refractivity contribution in [2.75, 3.05) is 19.8 Å². The number of halogens is 3. The number of carbonyl (C=O) groups is 3. The molecule has 0 aromatic heterocycles. The average Bonchev–Trinajstić information content (AvgIpc) is 2.76. The van der Waals surface area contributed by atoms with Gasteiger partial charge in [-0.15, -0.1) is 0 Å². The SMILES string of the molecule is Cc1ccc(CN2CNC(=O)[C@@H](NC(=O)CNC(=O)c3cccc(C(F)(F)F)c3)C2)c(C)c1. The first-order chi connectivity index (χ1) is 15.5. The molecule has 1 saturated heterocycles. The summed E-state index contributed by atoms with van der Waals surface area (Å²) in [5, 5.41) is 7.57. The third-order valence-corrected chi connectivity index (χ3v) is 5.32. The van der Waals surface area contributed by atoms with E-state index >= 15 is 0 Å². The van der Waals surface area contributed by atoms with Crippen LogP contribution in [0.4, 0.5) is 13.2 Å². The van der Waals surface area contributed by atoms with E-state index in [1.165, 1.54) is 6.07 Å². The second kappa shape index (κ2) is 10.0. The van der Waals surface area contributed by atoms with Crippen LogP contribution < -0.4 is 16.0 Å². The molecule has 1 fully saturated rings. The molecule has 0 radical (unpaired) electrons. The molecule has 1 aliphatic rings. The molecule has 0 saturated carbocycles. The first-order valence-corrected chi connectivity index (χ1v) is 10.3. The predicted octanol–water partition coefficient (Wildman–Crippen LogP) is 2.13. The summed E-state index contributed by atoms with van der Waals surface area (Å²) in [6.45, 7) is 4.75. The van der Waals surface area contributed by atoms with E-state index in [1.54, 1.807) is 0 Å². The van der Waals surface area contributed by atoms with Crippen LogP contribution >= 0.6 is 0 Å². The zero-order valence-corrected chi connectivity index (χ0v) is 18.3. The summed E-state index contributed by atoms with van der Waals surface area (Å²) in [6.07, 6.45) is -4.58. The second-order valence-corrected chi connectivity index (χ2v) is 8.02. The van der Waals surface area contributed by atoms with E-state index in [2.05, 4.69) is 22.0 Å². The predicted molar refractivity (Wildman–Crippen MR) is 115 cm³/mol. The van der Waals surface area contributed by atoms with Crippen molar-refractivity contribution >= 4 is 17.7 Å². The van der Waals surface area contributed by atoms with Gasteiger partial charge in [-0.3, -0.25) is 19.3 Å². The van der Waals surface area contributed by atoms with Gasteiger partial charge in [-0.1, -0.05) is 29.8 Å². The van der Waals surface area contributed by atoms with Crippen molar-refractivity contribution in [2.45, 2.75) is 32.6 Å². The molecule has 2 aromatic rings. The summed E-state index contributed by atoms with van der Waals surface area (Å²) in [4.78, 5) is 38.6. The molecular weight excluding hydrogens is 437 g/mol. The fourth-order valence-electron chi connectivity index (χ4n) is 3.56. The Bertz CT molecular complexity index is 1060. The van der Waals surface area contributed by atoms with Gasteiger partial charge in [-0.2, -0.15) is 13.2 Å². The maximum Gasteiger partial charge on any atom is 0.416 e. The Balaban J connectivity index is 1.53. The van der Waals surface area contributed by atoms with E-state index in [1.807, 2.05) is 30.9 Å². The van der Waals surface area contributed by atoms with Gasteiger partial charge in [0.1, 0.15) is 6.04 Å². The molecule has 33 heavy (non-hydrogen) atoms. The fourth-order valence-corrected chi connectivity index (χ4v) is 3.56. The highest BCUT2D eigenvalue weighted by atomic mass is 19.4. The number of hydrogen-bond acceptors (Lipinski definition) is 4. The maximum atomic E-state index is 12.8. The molecule has 7 nitrogen and oxygen atoms in total. The van der Waals surface area contributed by atoms with Crippen LogP contribution in [0.1, 0.15) is 32.6 Å². The molecule has 3 rings (SSSR count). The van der Waals surface area contributed by atoms with Crippen LogP contribution in [0.3, 0.4) is 0 Å². The van der Waals surface area contributed by atoms with Crippen LogP contribution in [-0.4, -0.2) is 48.4 Å². The molecule has 0 spiro atoms. The summed E-state index contributed by atoms with van der Waals surface area (Å²) < 4.78 is 38.4. The molecule has 176 valence electrons. The molecule has 1 atom stereocenters. The third-order valence-electron chi connectivity index (χ3n) is 5.32. The Kier molecular flexibility index (Phi) is 7.37. The minimum absolute atomic E-state index is 0.215. The van der Waals surface area contributed by atoms with Gasteiger partial charge in [0, 0.05) is 18.7 Å². The largest absolute Gasteiger partial charge is 0.416 e. The number of benzene rings is 2. The van der Waals surface area contributed by atoms with E-state index in [-0.39, 0.29) is 18.0 Å². The van der Waals surface area contributed by atoms with E-state index in [0.717, 1.165) is 28.8 Å². The van der Waals surface area contributed by atoms with Crippen LogP contribution in [0.5, 0.6) is 0 Å². The van der Waals surface area contributed by atoms with Crippen molar-refractivity contribution in [3.63, 3.8) is 0 Å². The van der Waals surface area contributed by atoms with Gasteiger partial charge < -0.3 is 16.0 Å². The molecule has 1 heterocycles. The smallest absolute Gasteiger partial charge is 0.343 e. The summed E-state index contributed by atoms with van der Waals surface area (Å²) in [7, 11) is 0. The standard InChI is InChI=1S/C23H25F3N4O3/c1-14-6-7-17(15(2)8-14)11-30-12-19(22(33)28-13-30)29-20(31)10-27-21(32)16-4-3-5-18(9-16)23(24,25)26/h3-9,19H,10-13H2,1-2H3,(H,27,32)(H,28,33)(H,29,31)/t19-/m0/s1. The zero-order chi connectivity index (χ0) is 24.2. The number of aryl methyl sites for hydroxylation is 2. The molecule has 3 N–H and O–H groups in total. The molecule has 0 unspecified atom stereocenters. The summed E-state index contributed by atoms with van der Waals surface area (Å²) >= 11 is 0. The first-order valence-electron chi connectivity index (χ1n) is 10.3. The number of amides is 3. The lowest BCUT2D eigenvalue weighted by atomic mass is 10.0. The highest BCUT2D eigenvalue weighted by Gasteiger charge is 2.31. The molecule has 0 bridgehead atoms. The Morgan fingerprint density at radius 3 is 2.61 bits per heavy atom. The third kappa shape index (κ3) is 6.55. The lowest BCUT2D eigenvalue weighted by Gasteiger charge is -2.33. The summed E-state index contributed by atoms with van der Waals surface area (Å²) in [5.41, 5.74) is 2.22. The van der Waals surface area contributed by atoms with Crippen LogP contribution in [-0.2, 0) is 22.3 Å². The second-order valence-electron chi connectivity index (χ2n) is 8.02. The highest BCUT2D eigenvalue weighted by molar-refractivity contribution is 5.97. The molecule has 2 aromatic carbocycles. The quantitative estimate of drug-likeness (QED) is 0.614. The fraction of sp³-hybridized carbons (Fsp3) is 0.348. The van der Waals surface area contributed by atoms with Crippen molar-refractivity contribution in [1.29, 1.82) is 0 Å². The van der Waals surface area contributed by atoms with Crippen molar-refractivity contribution in [1.82, 2.24) is 20.9 Å². The lowest BCUT2D eigenvalue weighted by molar-refractivity contribution is -0.137.